The van der Waals surface area contributed by atoms with Crippen LogP contribution >= 0.6 is 0 Å². The monoisotopic (exact) mass is 367 g/mol. The van der Waals surface area contributed by atoms with Crippen molar-refractivity contribution in [2.24, 2.45) is 0 Å². The van der Waals surface area contributed by atoms with E-state index < -0.39 is 0 Å². The van der Waals surface area contributed by atoms with Crippen LogP contribution in [-0.4, -0.2) is 25.8 Å². The second kappa shape index (κ2) is 46.7. The van der Waals surface area contributed by atoms with Crippen LogP contribution < -0.4 is 0 Å². The van der Waals surface area contributed by atoms with Gasteiger partial charge in [-0.25, -0.2) is 0 Å². The Balaban J connectivity index is 0. The average molecular weight is 368 g/mol. The molecule has 6 heteroatoms. The smallest absolute Gasteiger partial charge is 2.00 e. The van der Waals surface area contributed by atoms with Gasteiger partial charge in [0.25, 0.3) is 0 Å². The standard InChI is InChI=1S/Ce.In.3O.Zn/q2*+3;3*-2;+2. The van der Waals surface area contributed by atoms with E-state index in [4.69, 9.17) is 0 Å². The number of hydrogen-bond donors (Lipinski definition) is 0. The van der Waals surface area contributed by atoms with Crippen molar-refractivity contribution >= 4 is 25.8 Å². The molecule has 6 heavy (non-hydrogen) atoms. The van der Waals surface area contributed by atoms with Gasteiger partial charge in [0.2, 0.25) is 0 Å². The van der Waals surface area contributed by atoms with Gasteiger partial charge in [-0.15, -0.1) is 0 Å². The molecule has 0 spiro atoms. The van der Waals surface area contributed by atoms with Gasteiger partial charge >= 0.3 is 87.1 Å². The molecule has 0 aromatic rings. The predicted octanol–water partition coefficient (Wildman–Crippen LogP) is -0.740. The summed E-state index contributed by atoms with van der Waals surface area (Å²) in [7, 11) is 0. The molecule has 0 heterocycles. The maximum Gasteiger partial charge on any atom is 3.00 e. The summed E-state index contributed by atoms with van der Waals surface area (Å²) in [6.45, 7) is 0. The Labute approximate surface area is 101 Å². The average Bonchev–Trinajstić information content (AvgIpc) is 0. The predicted molar refractivity (Wildman–Crippen MR) is 7.81 cm³/mol. The van der Waals surface area contributed by atoms with Gasteiger partial charge in [-0.05, 0) is 0 Å². The Bertz CT molecular complexity index is 10.8. The zero-order valence-electron chi connectivity index (χ0n) is 3.01. The van der Waals surface area contributed by atoms with Gasteiger partial charge in [0, 0.05) is 0 Å². The Kier molecular flexibility index (Phi) is 541. The van der Waals surface area contributed by atoms with Crippen LogP contribution in [0.25, 0.3) is 0 Å². The van der Waals surface area contributed by atoms with Crippen LogP contribution in [0.5, 0.6) is 0 Å². The Morgan fingerprint density at radius 3 is 0.667 bits per heavy atom. The van der Waals surface area contributed by atoms with E-state index in [-0.39, 0.29) is 103 Å². The molecule has 1 radical (unpaired) electrons. The summed E-state index contributed by atoms with van der Waals surface area (Å²) >= 11 is 0. The molecule has 0 bridgehead atoms. The zero-order chi connectivity index (χ0) is 0. The second-order valence-electron chi connectivity index (χ2n) is 0. The largest absolute Gasteiger partial charge is 3.00 e. The molecular formula is CeInO3Zn+2. The van der Waals surface area contributed by atoms with Crippen molar-refractivity contribution in [1.29, 1.82) is 0 Å². The van der Waals surface area contributed by atoms with E-state index in [0.29, 0.717) is 0 Å². The molecule has 0 aliphatic rings. The summed E-state index contributed by atoms with van der Waals surface area (Å²) in [5.74, 6) is 0. The Morgan fingerprint density at radius 2 is 0.667 bits per heavy atom. The molecule has 0 aliphatic carbocycles. The SMILES string of the molecule is [Ce+3].[In+3].[O-2].[O-2].[O-2].[Zn+2]. The van der Waals surface area contributed by atoms with Crippen molar-refractivity contribution in [3.05, 3.63) is 0 Å². The minimum absolute atomic E-state index is 0. The van der Waals surface area contributed by atoms with E-state index in [1.165, 1.54) is 0 Å². The molecular weight excluding hydrogens is 368 g/mol. The molecule has 25 valence electrons. The number of rotatable bonds is 0. The van der Waals surface area contributed by atoms with Crippen LogP contribution in [0.3, 0.4) is 0 Å². The molecule has 0 unspecified atom stereocenters. The van der Waals surface area contributed by atoms with Crippen molar-refractivity contribution in [3.8, 4) is 0 Å². The van der Waals surface area contributed by atoms with E-state index in [1.807, 2.05) is 0 Å². The van der Waals surface area contributed by atoms with Gasteiger partial charge < -0.3 is 16.4 Å². The van der Waals surface area contributed by atoms with Crippen LogP contribution in [0, 0.1) is 41.7 Å². The van der Waals surface area contributed by atoms with Gasteiger partial charge in [0.15, 0.2) is 0 Å². The zero-order valence-corrected chi connectivity index (χ0v) is 12.4. The first-order valence-electron chi connectivity index (χ1n) is 0. The topological polar surface area (TPSA) is 85.5 Å². The van der Waals surface area contributed by atoms with E-state index in [0.717, 1.165) is 0 Å². The third-order valence-electron chi connectivity index (χ3n) is 0. The Hall–Kier alpha value is 2.75. The summed E-state index contributed by atoms with van der Waals surface area (Å²) in [6.07, 6.45) is 0. The fourth-order valence-corrected chi connectivity index (χ4v) is 0. The second-order valence-corrected chi connectivity index (χ2v) is 0. The first-order chi connectivity index (χ1) is 0. The molecule has 0 saturated carbocycles. The third-order valence-corrected chi connectivity index (χ3v) is 0. The molecule has 3 nitrogen and oxygen atoms in total. The molecule has 0 aliphatic heterocycles. The fourth-order valence-electron chi connectivity index (χ4n) is 0. The first-order valence-corrected chi connectivity index (χ1v) is 0. The summed E-state index contributed by atoms with van der Waals surface area (Å²) in [5, 5.41) is 0. The van der Waals surface area contributed by atoms with E-state index in [2.05, 4.69) is 0 Å². The van der Waals surface area contributed by atoms with Gasteiger partial charge in [-0.1, -0.05) is 0 Å². The molecule has 0 atom stereocenters. The van der Waals surface area contributed by atoms with E-state index in [1.54, 1.807) is 0 Å². The first kappa shape index (κ1) is 69.5. The quantitative estimate of drug-likeness (QED) is 0.505. The maximum atomic E-state index is 0. The van der Waals surface area contributed by atoms with Crippen molar-refractivity contribution in [1.82, 2.24) is 0 Å². The van der Waals surface area contributed by atoms with Crippen LogP contribution in [0.2, 0.25) is 0 Å². The number of hydrogen-bond acceptors (Lipinski definition) is 0. The van der Waals surface area contributed by atoms with E-state index >= 15 is 0 Å². The van der Waals surface area contributed by atoms with Crippen LogP contribution in [-0.2, 0) is 35.9 Å². The fraction of sp³-hybridized carbons (Fsp3) is 0. The molecule has 0 amide bonds. The van der Waals surface area contributed by atoms with Crippen molar-refractivity contribution < 1.29 is 77.7 Å². The molecule has 0 aromatic carbocycles. The normalized spacial score (nSPS) is 0. The summed E-state index contributed by atoms with van der Waals surface area (Å²) in [6, 6.07) is 0. The van der Waals surface area contributed by atoms with Crippen LogP contribution in [0.15, 0.2) is 0 Å². The summed E-state index contributed by atoms with van der Waals surface area (Å²) in [5.41, 5.74) is 0. The van der Waals surface area contributed by atoms with Crippen molar-refractivity contribution in [2.75, 3.05) is 0 Å². The van der Waals surface area contributed by atoms with Crippen LogP contribution in [0.4, 0.5) is 0 Å². The van der Waals surface area contributed by atoms with Gasteiger partial charge in [-0.2, -0.15) is 0 Å². The van der Waals surface area contributed by atoms with Gasteiger partial charge in [0.05, 0.1) is 0 Å². The third kappa shape index (κ3) is 29.5. The summed E-state index contributed by atoms with van der Waals surface area (Å²) in [4.78, 5) is 0. The van der Waals surface area contributed by atoms with Crippen molar-refractivity contribution in [3.63, 3.8) is 0 Å². The van der Waals surface area contributed by atoms with Crippen molar-refractivity contribution in [2.45, 2.75) is 0 Å². The Morgan fingerprint density at radius 1 is 0.667 bits per heavy atom. The molecule has 0 aromatic heterocycles. The molecule has 0 N–H and O–H groups in total. The summed E-state index contributed by atoms with van der Waals surface area (Å²) < 4.78 is 0. The molecule has 0 saturated heterocycles. The van der Waals surface area contributed by atoms with Crippen LogP contribution in [0.1, 0.15) is 0 Å². The minimum atomic E-state index is 0. The maximum absolute atomic E-state index is 0. The van der Waals surface area contributed by atoms with E-state index in [9.17, 15) is 0 Å². The minimum Gasteiger partial charge on any atom is -2.00 e. The van der Waals surface area contributed by atoms with Gasteiger partial charge in [0.1, 0.15) is 0 Å². The molecule has 0 fully saturated rings. The molecule has 0 rings (SSSR count). The van der Waals surface area contributed by atoms with Gasteiger partial charge in [-0.3, -0.25) is 0 Å².